The van der Waals surface area contributed by atoms with Crippen molar-refractivity contribution in [2.45, 2.75) is 111 Å². The number of unbranched alkanes of at least 4 members (excludes halogenated alkanes) is 3. The third kappa shape index (κ3) is 12.4. The standard InChI is InChI=1S/C45H64ClN3O8/c1-32(2)11-14-37-38(50)26-34(13-12-33-25-35-29-41-44(3,4)42(51)15-16-45(41,5)57-43(35)40(28-33)52-6)27-39(37)56-24-23-55-31-36-30-49(48-47-36)18-20-54-22-21-53-19-10-8-7-9-17-46/h11-13,25-28,30,41-42,50-51H,7-10,14-24,29,31H2,1-6H3/b13-12+/t41-,42-,45-/m1/s1. The second-order valence-corrected chi connectivity index (χ2v) is 16.7. The average molecular weight is 810 g/mol. The van der Waals surface area contributed by atoms with Gasteiger partial charge in [0.15, 0.2) is 11.5 Å². The summed E-state index contributed by atoms with van der Waals surface area (Å²) in [6.45, 7) is 14.4. The number of rotatable bonds is 23. The molecule has 0 radical (unpaired) electrons. The molecule has 3 atom stereocenters. The third-order valence-corrected chi connectivity index (χ3v) is 11.5. The minimum absolute atomic E-state index is 0.154. The van der Waals surface area contributed by atoms with E-state index in [1.165, 1.54) is 0 Å². The van der Waals surface area contributed by atoms with Gasteiger partial charge in [0, 0.05) is 24.0 Å². The van der Waals surface area contributed by atoms with E-state index in [0.29, 0.717) is 70.5 Å². The summed E-state index contributed by atoms with van der Waals surface area (Å²) in [7, 11) is 1.67. The predicted octanol–water partition coefficient (Wildman–Crippen LogP) is 8.59. The van der Waals surface area contributed by atoms with Gasteiger partial charge in [-0.1, -0.05) is 55.7 Å². The summed E-state index contributed by atoms with van der Waals surface area (Å²) in [6, 6.07) is 7.84. The molecular weight excluding hydrogens is 746 g/mol. The lowest BCUT2D eigenvalue weighted by molar-refractivity contribution is -0.138. The van der Waals surface area contributed by atoms with E-state index in [4.69, 9.17) is 40.0 Å². The molecule has 1 aromatic heterocycles. The van der Waals surface area contributed by atoms with Gasteiger partial charge in [-0.2, -0.15) is 0 Å². The van der Waals surface area contributed by atoms with E-state index >= 15 is 0 Å². The van der Waals surface area contributed by atoms with Crippen molar-refractivity contribution in [2.75, 3.05) is 52.6 Å². The molecule has 2 heterocycles. The molecule has 1 saturated carbocycles. The van der Waals surface area contributed by atoms with Crippen LogP contribution in [-0.2, 0) is 40.2 Å². The van der Waals surface area contributed by atoms with Crippen LogP contribution in [0.4, 0.5) is 0 Å². The van der Waals surface area contributed by atoms with E-state index in [1.807, 2.05) is 44.3 Å². The zero-order chi connectivity index (χ0) is 40.8. The molecule has 314 valence electrons. The van der Waals surface area contributed by atoms with E-state index in [0.717, 1.165) is 90.3 Å². The van der Waals surface area contributed by atoms with Crippen LogP contribution in [0.2, 0.25) is 0 Å². The van der Waals surface area contributed by atoms with Crippen LogP contribution in [0.25, 0.3) is 12.2 Å². The van der Waals surface area contributed by atoms with Gasteiger partial charge in [-0.15, -0.1) is 16.7 Å². The minimum Gasteiger partial charge on any atom is -0.507 e. The van der Waals surface area contributed by atoms with Crippen LogP contribution >= 0.6 is 11.6 Å². The Labute approximate surface area is 344 Å². The fourth-order valence-corrected chi connectivity index (χ4v) is 8.04. The van der Waals surface area contributed by atoms with Crippen LogP contribution in [0.3, 0.4) is 0 Å². The normalized spacial score (nSPS) is 19.9. The number of aromatic hydroxyl groups is 1. The average Bonchev–Trinajstić information content (AvgIpc) is 3.64. The molecule has 11 nitrogen and oxygen atoms in total. The molecule has 57 heavy (non-hydrogen) atoms. The highest BCUT2D eigenvalue weighted by molar-refractivity contribution is 6.17. The maximum atomic E-state index is 11.2. The van der Waals surface area contributed by atoms with Gasteiger partial charge < -0.3 is 38.6 Å². The van der Waals surface area contributed by atoms with Gasteiger partial charge in [-0.3, -0.25) is 0 Å². The number of aliphatic hydroxyl groups is 1. The van der Waals surface area contributed by atoms with Crippen molar-refractivity contribution in [1.82, 2.24) is 15.0 Å². The molecule has 0 spiro atoms. The molecule has 2 N–H and O–H groups in total. The van der Waals surface area contributed by atoms with Crippen molar-refractivity contribution in [2.24, 2.45) is 11.3 Å². The first-order chi connectivity index (χ1) is 27.4. The van der Waals surface area contributed by atoms with Crippen molar-refractivity contribution in [3.8, 4) is 23.0 Å². The monoisotopic (exact) mass is 809 g/mol. The summed E-state index contributed by atoms with van der Waals surface area (Å²) in [5.41, 5.74) is 4.75. The molecule has 2 aromatic carbocycles. The van der Waals surface area contributed by atoms with Gasteiger partial charge in [-0.05, 0) is 106 Å². The molecular formula is C45H64ClN3O8. The number of methoxy groups -OCH3 is 1. The van der Waals surface area contributed by atoms with Crippen LogP contribution in [0.5, 0.6) is 23.0 Å². The second kappa shape index (κ2) is 21.4. The smallest absolute Gasteiger partial charge is 0.165 e. The summed E-state index contributed by atoms with van der Waals surface area (Å²) in [4.78, 5) is 0. The van der Waals surface area contributed by atoms with E-state index in [-0.39, 0.29) is 28.8 Å². The number of aromatic nitrogens is 3. The molecule has 2 aliphatic rings. The molecule has 0 amide bonds. The number of benzene rings is 2. The highest BCUT2D eigenvalue weighted by atomic mass is 35.5. The maximum Gasteiger partial charge on any atom is 0.165 e. The van der Waals surface area contributed by atoms with E-state index in [9.17, 15) is 10.2 Å². The maximum absolute atomic E-state index is 11.2. The molecule has 5 rings (SSSR count). The summed E-state index contributed by atoms with van der Waals surface area (Å²) in [6.07, 6.45) is 14.8. The van der Waals surface area contributed by atoms with Crippen molar-refractivity contribution in [3.05, 3.63) is 70.1 Å². The number of alkyl halides is 1. The number of fused-ring (bicyclic) bond motifs is 2. The first kappa shape index (κ1) is 44.5. The Balaban J connectivity index is 1.14. The number of aliphatic hydroxyl groups excluding tert-OH is 1. The second-order valence-electron chi connectivity index (χ2n) is 16.3. The van der Waals surface area contributed by atoms with Crippen LogP contribution in [-0.4, -0.2) is 89.5 Å². The Morgan fingerprint density at radius 3 is 2.40 bits per heavy atom. The van der Waals surface area contributed by atoms with Crippen molar-refractivity contribution >= 4 is 23.8 Å². The topological polar surface area (TPSA) is 127 Å². The first-order valence-corrected chi connectivity index (χ1v) is 21.0. The number of nitrogens with zero attached hydrogens (tertiary/aromatic N) is 3. The highest BCUT2D eigenvalue weighted by Gasteiger charge is 2.54. The zero-order valence-corrected chi connectivity index (χ0v) is 35.6. The Bertz CT molecular complexity index is 1790. The van der Waals surface area contributed by atoms with Gasteiger partial charge in [0.1, 0.15) is 29.4 Å². The van der Waals surface area contributed by atoms with Crippen LogP contribution < -0.4 is 14.2 Å². The minimum atomic E-state index is -0.373. The molecule has 3 aromatic rings. The number of phenols is 1. The fraction of sp³-hybridized carbons (Fsp3) is 0.600. The molecule has 1 aliphatic carbocycles. The lowest BCUT2D eigenvalue weighted by atomic mass is 9.57. The molecule has 0 bridgehead atoms. The molecule has 1 aliphatic heterocycles. The number of hydrogen-bond acceptors (Lipinski definition) is 10. The Morgan fingerprint density at radius 1 is 0.930 bits per heavy atom. The van der Waals surface area contributed by atoms with Gasteiger partial charge in [0.05, 0.1) is 59.0 Å². The number of phenolic OH excluding ortho intramolecular Hbond substituents is 1. The van der Waals surface area contributed by atoms with E-state index in [2.05, 4.69) is 43.2 Å². The summed E-state index contributed by atoms with van der Waals surface area (Å²) in [5, 5.41) is 30.5. The van der Waals surface area contributed by atoms with Crippen molar-refractivity contribution < 1.29 is 38.6 Å². The van der Waals surface area contributed by atoms with E-state index < -0.39 is 0 Å². The van der Waals surface area contributed by atoms with Gasteiger partial charge >= 0.3 is 0 Å². The Morgan fingerprint density at radius 2 is 1.65 bits per heavy atom. The predicted molar refractivity (Wildman–Crippen MR) is 224 cm³/mol. The number of hydrogen-bond donors (Lipinski definition) is 2. The molecule has 1 fully saturated rings. The third-order valence-electron chi connectivity index (χ3n) is 11.3. The number of halogens is 1. The highest BCUT2D eigenvalue weighted by Crippen LogP contribution is 2.55. The van der Waals surface area contributed by atoms with Crippen LogP contribution in [0.1, 0.15) is 101 Å². The Hall–Kier alpha value is -3.61. The largest absolute Gasteiger partial charge is 0.507 e. The van der Waals surface area contributed by atoms with Gasteiger partial charge in [0.25, 0.3) is 0 Å². The van der Waals surface area contributed by atoms with Gasteiger partial charge in [0.2, 0.25) is 0 Å². The summed E-state index contributed by atoms with van der Waals surface area (Å²) >= 11 is 5.71. The number of allylic oxidation sites excluding steroid dienone is 2. The molecule has 0 saturated heterocycles. The van der Waals surface area contributed by atoms with Crippen LogP contribution in [0, 0.1) is 11.3 Å². The van der Waals surface area contributed by atoms with Crippen molar-refractivity contribution in [1.29, 1.82) is 0 Å². The van der Waals surface area contributed by atoms with E-state index in [1.54, 1.807) is 17.9 Å². The Kier molecular flexibility index (Phi) is 16.7. The quantitative estimate of drug-likeness (QED) is 0.0416. The SMILES string of the molecule is COc1cc(/C=C/c2cc(O)c(CC=C(C)C)c(OCCOCc3cn(CCOCCOCCCCCCCl)nn3)c2)cc2c1O[C@]1(C)CC[C@@H](O)C(C)(C)[C@H]1C2. The summed E-state index contributed by atoms with van der Waals surface area (Å²) in [5.74, 6) is 3.12. The molecule has 12 heteroatoms. The lowest BCUT2D eigenvalue weighted by Gasteiger charge is -2.55. The zero-order valence-electron chi connectivity index (χ0n) is 34.9. The summed E-state index contributed by atoms with van der Waals surface area (Å²) < 4.78 is 37.7. The lowest BCUT2D eigenvalue weighted by Crippen LogP contribution is -2.58. The number of ether oxygens (including phenoxy) is 6. The fourth-order valence-electron chi connectivity index (χ4n) is 7.86. The van der Waals surface area contributed by atoms with Crippen LogP contribution in [0.15, 0.2) is 42.1 Å². The van der Waals surface area contributed by atoms with Crippen molar-refractivity contribution in [3.63, 3.8) is 0 Å². The first-order valence-electron chi connectivity index (χ1n) is 20.5. The molecule has 0 unspecified atom stereocenters. The van der Waals surface area contributed by atoms with Gasteiger partial charge in [-0.25, -0.2) is 4.68 Å².